The molecule has 0 saturated carbocycles. The number of anilines is 3. The molecule has 0 bridgehead atoms. The Labute approximate surface area is 243 Å². The molecule has 0 unspecified atom stereocenters. The van der Waals surface area contributed by atoms with Crippen LogP contribution in [0.15, 0.2) is 138 Å². The van der Waals surface area contributed by atoms with Crippen LogP contribution in [0.2, 0.25) is 0 Å². The molecule has 0 saturated heterocycles. The summed E-state index contributed by atoms with van der Waals surface area (Å²) in [5.41, 5.74) is 9.70. The second-order valence-electron chi connectivity index (χ2n) is 8.65. The molecular formula is C33H25INTl. The van der Waals surface area contributed by atoms with Crippen LogP contribution < -0.4 is 8.02 Å². The van der Waals surface area contributed by atoms with Crippen molar-refractivity contribution in [2.75, 3.05) is 4.90 Å². The predicted octanol–water partition coefficient (Wildman–Crippen LogP) is 8.78. The summed E-state index contributed by atoms with van der Waals surface area (Å²) in [5.74, 6) is 0. The molecule has 5 aromatic carbocycles. The van der Waals surface area contributed by atoms with Gasteiger partial charge in [0, 0.05) is 0 Å². The van der Waals surface area contributed by atoms with Crippen molar-refractivity contribution in [1.82, 2.24) is 0 Å². The van der Waals surface area contributed by atoms with Gasteiger partial charge in [-0.15, -0.1) is 0 Å². The van der Waals surface area contributed by atoms with Gasteiger partial charge in [0.25, 0.3) is 0 Å². The number of nitrogens with zero attached hydrogens (tertiary/aromatic N) is 1. The van der Waals surface area contributed by atoms with Gasteiger partial charge in [0.1, 0.15) is 0 Å². The first-order valence-corrected chi connectivity index (χ1v) is 15.5. The molecule has 36 heavy (non-hydrogen) atoms. The van der Waals surface area contributed by atoms with Crippen LogP contribution in [-0.4, -0.2) is 25.8 Å². The van der Waals surface area contributed by atoms with Crippen molar-refractivity contribution >= 4 is 68.5 Å². The van der Waals surface area contributed by atoms with Crippen LogP contribution in [0.4, 0.5) is 17.1 Å². The first-order valence-electron chi connectivity index (χ1n) is 12.0. The summed E-state index contributed by atoms with van der Waals surface area (Å²) >= 11 is 3.15. The molecule has 0 aliphatic rings. The van der Waals surface area contributed by atoms with Crippen LogP contribution in [0, 0.1) is 0 Å². The predicted molar refractivity (Wildman–Crippen MR) is 164 cm³/mol. The van der Waals surface area contributed by atoms with Crippen molar-refractivity contribution in [3.05, 3.63) is 143 Å². The van der Waals surface area contributed by atoms with Gasteiger partial charge < -0.3 is 0 Å². The molecule has 0 N–H and O–H groups in total. The Morgan fingerprint density at radius 3 is 1.42 bits per heavy atom. The van der Waals surface area contributed by atoms with Crippen LogP contribution in [0.5, 0.6) is 0 Å². The monoisotopic (exact) mass is 767 g/mol. The standard InChI is InChI=1S/C33H25IN.Tl/c34-25-7-8-26-13-19-31(20-14-26)35(32-21-15-29(16-22-32)27-9-3-1-4-10-27)33-23-17-30(18-24-33)28-11-5-2-6-12-28;/h1,3-7,9-25H,8H2;/b25-7+;. The molecule has 0 atom stereocenters. The third kappa shape index (κ3) is 5.98. The van der Waals surface area contributed by atoms with Gasteiger partial charge in [0.2, 0.25) is 0 Å². The number of allylic oxidation sites excluding steroid dienone is 1. The summed E-state index contributed by atoms with van der Waals surface area (Å²) in [6.45, 7) is 0. The Balaban J connectivity index is 1.51. The summed E-state index contributed by atoms with van der Waals surface area (Å²) < 4.78 is 3.52. The molecule has 5 aromatic rings. The summed E-state index contributed by atoms with van der Waals surface area (Å²) in [6, 6.07) is 46.1. The Hall–Kier alpha value is -2.71. The van der Waals surface area contributed by atoms with Gasteiger partial charge in [-0.05, 0) is 27.2 Å². The van der Waals surface area contributed by atoms with Gasteiger partial charge in [0.15, 0.2) is 0 Å². The van der Waals surface area contributed by atoms with Crippen molar-refractivity contribution in [2.45, 2.75) is 6.42 Å². The Bertz CT molecular complexity index is 1420. The maximum atomic E-state index is 2.33. The second kappa shape index (κ2) is 12.0. The van der Waals surface area contributed by atoms with E-state index in [1.165, 1.54) is 30.9 Å². The second-order valence-corrected chi connectivity index (χ2v) is 12.0. The fourth-order valence-electron chi connectivity index (χ4n) is 4.32. The molecule has 0 spiro atoms. The number of hydrogen-bond acceptors (Lipinski definition) is 1. The zero-order valence-corrected chi connectivity index (χ0v) is 26.5. The third-order valence-corrected chi connectivity index (χ3v) is 8.24. The summed E-state index contributed by atoms with van der Waals surface area (Å²) in [7, 11) is 0. The number of halogens is 1. The molecule has 172 valence electrons. The van der Waals surface area contributed by atoms with E-state index in [0.717, 1.165) is 49.3 Å². The van der Waals surface area contributed by atoms with Crippen LogP contribution >= 0.6 is 22.6 Å². The summed E-state index contributed by atoms with van der Waals surface area (Å²) in [4.78, 5) is 2.33. The maximum absolute atomic E-state index is 2.33. The van der Waals surface area contributed by atoms with E-state index in [1.807, 2.05) is 0 Å². The van der Waals surface area contributed by atoms with E-state index in [4.69, 9.17) is 0 Å². The number of benzene rings is 5. The van der Waals surface area contributed by atoms with Gasteiger partial charge in [-0.2, -0.15) is 0 Å². The van der Waals surface area contributed by atoms with Gasteiger partial charge in [-0.3, -0.25) is 0 Å². The molecule has 0 aliphatic heterocycles. The van der Waals surface area contributed by atoms with Crippen molar-refractivity contribution in [1.29, 1.82) is 0 Å². The molecule has 0 aliphatic carbocycles. The van der Waals surface area contributed by atoms with Crippen LogP contribution in [0.3, 0.4) is 0 Å². The fourth-order valence-corrected chi connectivity index (χ4v) is 5.32. The molecule has 3 heteroatoms. The molecular weight excluding hydrogens is 742 g/mol. The van der Waals surface area contributed by atoms with E-state index in [9.17, 15) is 0 Å². The van der Waals surface area contributed by atoms with Crippen LogP contribution in [0.1, 0.15) is 5.56 Å². The first kappa shape index (κ1) is 25.0. The summed E-state index contributed by atoms with van der Waals surface area (Å²) in [5, 5.41) is 0. The van der Waals surface area contributed by atoms with Crippen molar-refractivity contribution < 1.29 is 0 Å². The molecule has 0 fully saturated rings. The number of hydrogen-bond donors (Lipinski definition) is 0. The van der Waals surface area contributed by atoms with Gasteiger partial charge in [-0.1, -0.05) is 59.0 Å². The van der Waals surface area contributed by atoms with E-state index in [-0.39, 0.29) is 0 Å². The zero-order valence-electron chi connectivity index (χ0n) is 19.9. The van der Waals surface area contributed by atoms with Crippen molar-refractivity contribution in [3.63, 3.8) is 0 Å². The topological polar surface area (TPSA) is 3.24 Å². The van der Waals surface area contributed by atoms with Gasteiger partial charge >= 0.3 is 159 Å². The molecule has 0 heterocycles. The van der Waals surface area contributed by atoms with Crippen LogP contribution in [0.25, 0.3) is 22.3 Å². The molecule has 0 amide bonds. The van der Waals surface area contributed by atoms with Gasteiger partial charge in [0.05, 0.1) is 0 Å². The van der Waals surface area contributed by atoms with E-state index >= 15 is 0 Å². The third-order valence-electron chi connectivity index (χ3n) is 6.24. The fraction of sp³-hybridized carbons (Fsp3) is 0.0303. The van der Waals surface area contributed by atoms with E-state index in [2.05, 4.69) is 165 Å². The summed E-state index contributed by atoms with van der Waals surface area (Å²) in [6.07, 6.45) is 3.13. The van der Waals surface area contributed by atoms with E-state index in [0.29, 0.717) is 0 Å². The Morgan fingerprint density at radius 1 is 0.528 bits per heavy atom. The quantitative estimate of drug-likeness (QED) is 0.118. The minimum atomic E-state index is 0.872. The van der Waals surface area contributed by atoms with E-state index < -0.39 is 0 Å². The van der Waals surface area contributed by atoms with Crippen molar-refractivity contribution in [2.24, 2.45) is 0 Å². The SMILES string of the molecule is I/C=C/Cc1ccc(N(c2ccc(-c3ccccc3)cc2)c2ccc(-c3cc[c]([Tl])cc3)cc2)cc1. The normalized spacial score (nSPS) is 11.0. The number of rotatable bonds is 7. The van der Waals surface area contributed by atoms with Gasteiger partial charge in [-0.25, -0.2) is 0 Å². The average molecular weight is 767 g/mol. The van der Waals surface area contributed by atoms with Crippen LogP contribution in [-0.2, 0) is 6.42 Å². The average Bonchev–Trinajstić information content (AvgIpc) is 2.94. The first-order chi connectivity index (χ1) is 17.7. The zero-order chi connectivity index (χ0) is 24.7. The molecule has 0 radical (unpaired) electrons. The Morgan fingerprint density at radius 2 is 0.944 bits per heavy atom. The molecule has 5 rings (SSSR count). The Kier molecular flexibility index (Phi) is 8.33. The van der Waals surface area contributed by atoms with E-state index in [1.54, 1.807) is 0 Å². The molecule has 1 nitrogen and oxygen atoms in total. The minimum absolute atomic E-state index is 0.872. The molecule has 0 aromatic heterocycles. The van der Waals surface area contributed by atoms with Crippen molar-refractivity contribution in [3.8, 4) is 22.3 Å².